The van der Waals surface area contributed by atoms with Crippen molar-refractivity contribution in [3.8, 4) is 5.75 Å². The SMILES string of the molecule is CNCC[C@@H](Oc1cccc2ccccc12)c1cccs1.Cc1ccccc1.O=C(O)Cc1ccccc1Nc1c(Cl)cccc1Cl. The number of aryl methyl sites for hydroxylation is 1. The van der Waals surface area contributed by atoms with Gasteiger partial charge in [0.2, 0.25) is 0 Å². The number of para-hydroxylation sites is 2. The predicted molar refractivity (Wildman–Crippen MR) is 199 cm³/mol. The van der Waals surface area contributed by atoms with Crippen LogP contribution in [0.5, 0.6) is 5.75 Å². The van der Waals surface area contributed by atoms with Crippen LogP contribution < -0.4 is 15.4 Å². The maximum absolute atomic E-state index is 10.8. The summed E-state index contributed by atoms with van der Waals surface area (Å²) < 4.78 is 6.34. The van der Waals surface area contributed by atoms with Gasteiger partial charge in [-0.2, -0.15) is 0 Å². The molecule has 0 amide bonds. The number of carbonyl (C=O) groups is 1. The third kappa shape index (κ3) is 11.2. The predicted octanol–water partition coefficient (Wildman–Crippen LogP) is 11.0. The number of nitrogens with one attached hydrogen (secondary N) is 2. The molecular formula is C39H38Cl2N2O3S. The van der Waals surface area contributed by atoms with Crippen molar-refractivity contribution >= 4 is 62.7 Å². The molecule has 0 fully saturated rings. The number of carboxylic acid groups (broad SMARTS) is 1. The lowest BCUT2D eigenvalue weighted by atomic mass is 10.1. The van der Waals surface area contributed by atoms with E-state index in [9.17, 15) is 4.79 Å². The van der Waals surface area contributed by atoms with Crippen LogP contribution >= 0.6 is 34.5 Å². The minimum Gasteiger partial charge on any atom is -0.484 e. The van der Waals surface area contributed by atoms with E-state index in [1.165, 1.54) is 21.2 Å². The monoisotopic (exact) mass is 684 g/mol. The lowest BCUT2D eigenvalue weighted by molar-refractivity contribution is -0.136. The summed E-state index contributed by atoms with van der Waals surface area (Å²) in [6.45, 7) is 3.02. The molecule has 0 aliphatic carbocycles. The molecule has 6 rings (SSSR count). The first kappa shape index (κ1) is 35.5. The van der Waals surface area contributed by atoms with E-state index in [4.69, 9.17) is 33.0 Å². The third-order valence-electron chi connectivity index (χ3n) is 7.06. The first-order valence-corrected chi connectivity index (χ1v) is 16.8. The largest absolute Gasteiger partial charge is 0.484 e. The first-order valence-electron chi connectivity index (χ1n) is 15.2. The molecule has 0 saturated carbocycles. The van der Waals surface area contributed by atoms with E-state index in [0.29, 0.717) is 27.0 Å². The fourth-order valence-corrected chi connectivity index (χ4v) is 5.99. The second-order valence-electron chi connectivity index (χ2n) is 10.6. The molecule has 6 aromatic rings. The molecular weight excluding hydrogens is 647 g/mol. The number of benzene rings is 5. The quantitative estimate of drug-likeness (QED) is 0.134. The van der Waals surface area contributed by atoms with Crippen LogP contribution in [-0.4, -0.2) is 24.7 Å². The Balaban J connectivity index is 0.000000177. The van der Waals surface area contributed by atoms with Crippen LogP contribution in [0.4, 0.5) is 11.4 Å². The highest BCUT2D eigenvalue weighted by Gasteiger charge is 2.15. The zero-order chi connectivity index (χ0) is 33.4. The molecule has 0 spiro atoms. The summed E-state index contributed by atoms with van der Waals surface area (Å²) in [7, 11) is 1.98. The van der Waals surface area contributed by atoms with Gasteiger partial charge in [0, 0.05) is 22.4 Å². The van der Waals surface area contributed by atoms with E-state index in [0.717, 1.165) is 18.7 Å². The van der Waals surface area contributed by atoms with Crippen molar-refractivity contribution < 1.29 is 14.6 Å². The molecule has 0 saturated heterocycles. The lowest BCUT2D eigenvalue weighted by Crippen LogP contribution is -2.15. The smallest absolute Gasteiger partial charge is 0.307 e. The normalized spacial score (nSPS) is 11.0. The molecule has 1 aromatic heterocycles. The number of aliphatic carboxylic acids is 1. The second kappa shape index (κ2) is 18.7. The van der Waals surface area contributed by atoms with Crippen molar-refractivity contribution in [2.45, 2.75) is 25.9 Å². The molecule has 47 heavy (non-hydrogen) atoms. The standard InChI is InChI=1S/C18H19NOS.C14H11Cl2NO2.C7H8/c1-19-12-11-17(18-10-5-13-21-18)20-16-9-4-7-14-6-2-3-8-15(14)16;15-10-5-3-6-11(16)14(10)17-12-7-2-1-4-9(12)8-13(18)19;1-7-5-3-2-4-6-7/h2-10,13,17,19H,11-12H2,1H3;1-7,17H,8H2,(H,18,19);2-6H,1H3/t17-;;/m1../s1. The number of hydrogen-bond acceptors (Lipinski definition) is 5. The van der Waals surface area contributed by atoms with Gasteiger partial charge in [-0.25, -0.2) is 0 Å². The van der Waals surface area contributed by atoms with Crippen molar-refractivity contribution in [2.24, 2.45) is 0 Å². The Morgan fingerprint density at radius 2 is 1.47 bits per heavy atom. The van der Waals surface area contributed by atoms with Crippen molar-refractivity contribution in [3.63, 3.8) is 0 Å². The maximum atomic E-state index is 10.8. The molecule has 0 unspecified atom stereocenters. The lowest BCUT2D eigenvalue weighted by Gasteiger charge is -2.19. The van der Waals surface area contributed by atoms with E-state index in [2.05, 4.69) is 89.7 Å². The zero-order valence-corrected chi connectivity index (χ0v) is 28.7. The second-order valence-corrected chi connectivity index (χ2v) is 12.4. The Bertz CT molecular complexity index is 1810. The molecule has 1 atom stereocenters. The van der Waals surface area contributed by atoms with Gasteiger partial charge in [-0.15, -0.1) is 11.3 Å². The Hall–Kier alpha value is -4.33. The highest BCUT2D eigenvalue weighted by atomic mass is 35.5. The third-order valence-corrected chi connectivity index (χ3v) is 8.65. The van der Waals surface area contributed by atoms with E-state index in [-0.39, 0.29) is 12.5 Å². The molecule has 0 aliphatic heterocycles. The van der Waals surface area contributed by atoms with Crippen molar-refractivity contribution in [2.75, 3.05) is 18.9 Å². The van der Waals surface area contributed by atoms with E-state index in [1.807, 2.05) is 31.3 Å². The molecule has 0 aliphatic rings. The Kier molecular flexibility index (Phi) is 14.2. The Labute approximate surface area is 290 Å². The number of halogens is 2. The van der Waals surface area contributed by atoms with Crippen LogP contribution in [0, 0.1) is 6.92 Å². The number of fused-ring (bicyclic) bond motifs is 1. The number of ether oxygens (including phenoxy) is 1. The molecule has 242 valence electrons. The number of thiophene rings is 1. The fraction of sp³-hybridized carbons (Fsp3) is 0.154. The number of rotatable bonds is 10. The summed E-state index contributed by atoms with van der Waals surface area (Å²) in [6, 6.07) is 41.4. The van der Waals surface area contributed by atoms with Gasteiger partial charge < -0.3 is 20.5 Å². The van der Waals surface area contributed by atoms with Gasteiger partial charge in [0.05, 0.1) is 22.2 Å². The van der Waals surface area contributed by atoms with Gasteiger partial charge in [0.25, 0.3) is 0 Å². The first-order chi connectivity index (χ1) is 22.9. The molecule has 1 heterocycles. The average Bonchev–Trinajstić information content (AvgIpc) is 3.62. The Morgan fingerprint density at radius 3 is 2.13 bits per heavy atom. The van der Waals surface area contributed by atoms with Crippen LogP contribution in [-0.2, 0) is 11.2 Å². The summed E-state index contributed by atoms with van der Waals surface area (Å²) in [6.07, 6.45) is 0.995. The van der Waals surface area contributed by atoms with Crippen LogP contribution in [0.2, 0.25) is 10.0 Å². The minimum absolute atomic E-state index is 0.0642. The van der Waals surface area contributed by atoms with Crippen LogP contribution in [0.25, 0.3) is 10.8 Å². The van der Waals surface area contributed by atoms with E-state index < -0.39 is 5.97 Å². The number of anilines is 2. The molecule has 5 aromatic carbocycles. The van der Waals surface area contributed by atoms with Gasteiger partial charge in [0.15, 0.2) is 0 Å². The zero-order valence-electron chi connectivity index (χ0n) is 26.3. The molecule has 5 nitrogen and oxygen atoms in total. The van der Waals surface area contributed by atoms with E-state index in [1.54, 1.807) is 47.7 Å². The maximum Gasteiger partial charge on any atom is 0.307 e. The minimum atomic E-state index is -0.889. The van der Waals surface area contributed by atoms with Gasteiger partial charge in [0.1, 0.15) is 11.9 Å². The summed E-state index contributed by atoms with van der Waals surface area (Å²) >= 11 is 13.9. The van der Waals surface area contributed by atoms with Gasteiger partial charge in [-0.1, -0.05) is 126 Å². The van der Waals surface area contributed by atoms with E-state index >= 15 is 0 Å². The molecule has 8 heteroatoms. The molecule has 0 bridgehead atoms. The molecule has 3 N–H and O–H groups in total. The van der Waals surface area contributed by atoms with Crippen molar-refractivity contribution in [1.82, 2.24) is 5.32 Å². The van der Waals surface area contributed by atoms with Gasteiger partial charge >= 0.3 is 5.97 Å². The van der Waals surface area contributed by atoms with Gasteiger partial charge in [-0.3, -0.25) is 4.79 Å². The Morgan fingerprint density at radius 1 is 0.809 bits per heavy atom. The van der Waals surface area contributed by atoms with Crippen molar-refractivity contribution in [1.29, 1.82) is 0 Å². The molecule has 0 radical (unpaired) electrons. The summed E-state index contributed by atoms with van der Waals surface area (Å²) in [4.78, 5) is 12.1. The summed E-state index contributed by atoms with van der Waals surface area (Å²) in [5.41, 5.74) is 3.25. The number of hydrogen-bond donors (Lipinski definition) is 3. The van der Waals surface area contributed by atoms with Gasteiger partial charge in [-0.05, 0) is 67.2 Å². The highest BCUT2D eigenvalue weighted by molar-refractivity contribution is 7.10. The summed E-state index contributed by atoms with van der Waals surface area (Å²) in [5.74, 6) is 0.0714. The number of carboxylic acids is 1. The average molecular weight is 686 g/mol. The van der Waals surface area contributed by atoms with Crippen molar-refractivity contribution in [3.05, 3.63) is 159 Å². The fourth-order valence-electron chi connectivity index (χ4n) is 4.71. The van der Waals surface area contributed by atoms with Crippen LogP contribution in [0.3, 0.4) is 0 Å². The highest BCUT2D eigenvalue weighted by Crippen LogP contribution is 2.34. The van der Waals surface area contributed by atoms with Crippen LogP contribution in [0.1, 0.15) is 28.5 Å². The topological polar surface area (TPSA) is 70.6 Å². The van der Waals surface area contributed by atoms with Crippen LogP contribution in [0.15, 0.2) is 133 Å². The summed E-state index contributed by atoms with van der Waals surface area (Å²) in [5, 5.41) is 20.6.